The number of aryl methyl sites for hydroxylation is 1. The second-order valence-electron chi connectivity index (χ2n) is 5.84. The minimum Gasteiger partial charge on any atom is -0.308 e. The first kappa shape index (κ1) is 14.5. The number of nitrogens with one attached hydrogen (secondary N) is 1. The number of nitrogens with zero attached hydrogens (tertiary/aromatic N) is 2. The maximum Gasteiger partial charge on any atom is 0.0691 e. The zero-order valence-corrected chi connectivity index (χ0v) is 14.0. The molecule has 1 heterocycles. The lowest BCUT2D eigenvalue weighted by atomic mass is 10.1. The summed E-state index contributed by atoms with van der Waals surface area (Å²) in [6.45, 7) is 9.51. The summed E-state index contributed by atoms with van der Waals surface area (Å²) in [5.74, 6) is 0. The van der Waals surface area contributed by atoms with Crippen LogP contribution < -0.4 is 5.32 Å². The van der Waals surface area contributed by atoms with Gasteiger partial charge in [-0.25, -0.2) is 4.68 Å². The molecule has 3 nitrogen and oxygen atoms in total. The molecule has 0 atom stereocenters. The van der Waals surface area contributed by atoms with Crippen molar-refractivity contribution in [1.29, 1.82) is 0 Å². The lowest BCUT2D eigenvalue weighted by molar-refractivity contribution is 0.423. The standard InChI is InChI=1S/C15H20IN3/c1-11-5-6-14(19-10-13(16)9-18-19)12(7-11)8-17-15(2,3)4/h5-7,9-10,17H,8H2,1-4H3. The third-order valence-electron chi connectivity index (χ3n) is 2.84. The molecule has 2 rings (SSSR count). The molecule has 19 heavy (non-hydrogen) atoms. The zero-order chi connectivity index (χ0) is 14.0. The van der Waals surface area contributed by atoms with Crippen LogP contribution in [0.5, 0.6) is 0 Å². The maximum absolute atomic E-state index is 4.40. The molecule has 0 fully saturated rings. The SMILES string of the molecule is Cc1ccc(-n2cc(I)cn2)c(CNC(C)(C)C)c1. The van der Waals surface area contributed by atoms with Crippen LogP contribution in [0.4, 0.5) is 0 Å². The lowest BCUT2D eigenvalue weighted by Crippen LogP contribution is -2.35. The predicted octanol–water partition coefficient (Wildman–Crippen LogP) is 3.67. The van der Waals surface area contributed by atoms with Crippen LogP contribution in [0.1, 0.15) is 31.9 Å². The first-order valence-electron chi connectivity index (χ1n) is 6.40. The molecule has 4 heteroatoms. The summed E-state index contributed by atoms with van der Waals surface area (Å²) >= 11 is 2.28. The lowest BCUT2D eigenvalue weighted by Gasteiger charge is -2.22. The van der Waals surface area contributed by atoms with Gasteiger partial charge in [0.2, 0.25) is 0 Å². The van der Waals surface area contributed by atoms with Crippen molar-refractivity contribution in [1.82, 2.24) is 15.1 Å². The van der Waals surface area contributed by atoms with E-state index in [1.54, 1.807) is 0 Å². The number of aromatic nitrogens is 2. The molecular weight excluding hydrogens is 349 g/mol. The van der Waals surface area contributed by atoms with Crippen LogP contribution in [0.25, 0.3) is 5.69 Å². The molecule has 1 aromatic carbocycles. The summed E-state index contributed by atoms with van der Waals surface area (Å²) in [6, 6.07) is 6.49. The molecular formula is C15H20IN3. The Morgan fingerprint density at radius 1 is 1.32 bits per heavy atom. The summed E-state index contributed by atoms with van der Waals surface area (Å²) in [4.78, 5) is 0. The number of hydrogen-bond donors (Lipinski definition) is 1. The second-order valence-corrected chi connectivity index (χ2v) is 7.08. The first-order chi connectivity index (χ1) is 8.85. The Labute approximate surface area is 128 Å². The molecule has 0 saturated carbocycles. The van der Waals surface area contributed by atoms with Gasteiger partial charge < -0.3 is 5.32 Å². The van der Waals surface area contributed by atoms with Crippen LogP contribution in [0, 0.1) is 10.5 Å². The van der Waals surface area contributed by atoms with E-state index in [0.29, 0.717) is 0 Å². The molecule has 0 aliphatic heterocycles. The minimum atomic E-state index is 0.111. The van der Waals surface area contributed by atoms with Gasteiger partial charge in [-0.1, -0.05) is 17.7 Å². The molecule has 0 aliphatic rings. The molecule has 102 valence electrons. The highest BCUT2D eigenvalue weighted by atomic mass is 127. The Morgan fingerprint density at radius 2 is 2.05 bits per heavy atom. The van der Waals surface area contributed by atoms with E-state index in [1.807, 2.05) is 17.1 Å². The van der Waals surface area contributed by atoms with E-state index in [9.17, 15) is 0 Å². The Morgan fingerprint density at radius 3 is 2.63 bits per heavy atom. The highest BCUT2D eigenvalue weighted by Gasteiger charge is 2.12. The normalized spacial score (nSPS) is 11.8. The quantitative estimate of drug-likeness (QED) is 0.837. The van der Waals surface area contributed by atoms with Gasteiger partial charge in [-0.05, 0) is 61.9 Å². The third kappa shape index (κ3) is 4.04. The molecule has 1 aromatic heterocycles. The fraction of sp³-hybridized carbons (Fsp3) is 0.400. The number of benzene rings is 1. The van der Waals surface area contributed by atoms with Crippen molar-refractivity contribution in [3.05, 3.63) is 45.3 Å². The third-order valence-corrected chi connectivity index (χ3v) is 3.40. The summed E-state index contributed by atoms with van der Waals surface area (Å²) in [7, 11) is 0. The Kier molecular flexibility index (Phi) is 4.30. The fourth-order valence-electron chi connectivity index (χ4n) is 1.87. The van der Waals surface area contributed by atoms with Gasteiger partial charge in [-0.2, -0.15) is 5.10 Å². The van der Waals surface area contributed by atoms with Gasteiger partial charge in [0.05, 0.1) is 15.5 Å². The van der Waals surface area contributed by atoms with Crippen LogP contribution in [0.3, 0.4) is 0 Å². The van der Waals surface area contributed by atoms with Crippen LogP contribution in [0.15, 0.2) is 30.6 Å². The van der Waals surface area contributed by atoms with Gasteiger partial charge in [-0.15, -0.1) is 0 Å². The van der Waals surface area contributed by atoms with Crippen LogP contribution in [0.2, 0.25) is 0 Å². The average molecular weight is 369 g/mol. The molecule has 0 unspecified atom stereocenters. The highest BCUT2D eigenvalue weighted by molar-refractivity contribution is 14.1. The monoisotopic (exact) mass is 369 g/mol. The molecule has 0 bridgehead atoms. The zero-order valence-electron chi connectivity index (χ0n) is 11.9. The van der Waals surface area contributed by atoms with E-state index < -0.39 is 0 Å². The topological polar surface area (TPSA) is 29.9 Å². The number of rotatable bonds is 3. The van der Waals surface area contributed by atoms with Gasteiger partial charge in [0.1, 0.15) is 0 Å². The Balaban J connectivity index is 2.33. The van der Waals surface area contributed by atoms with E-state index in [1.165, 1.54) is 11.1 Å². The van der Waals surface area contributed by atoms with Gasteiger partial charge in [0.25, 0.3) is 0 Å². The van der Waals surface area contributed by atoms with E-state index >= 15 is 0 Å². The maximum atomic E-state index is 4.40. The van der Waals surface area contributed by atoms with Gasteiger partial charge >= 0.3 is 0 Å². The van der Waals surface area contributed by atoms with Gasteiger partial charge in [-0.3, -0.25) is 0 Å². The summed E-state index contributed by atoms with van der Waals surface area (Å²) in [6.07, 6.45) is 3.92. The second kappa shape index (κ2) is 5.63. The van der Waals surface area contributed by atoms with Crippen molar-refractivity contribution in [2.45, 2.75) is 39.8 Å². The average Bonchev–Trinajstić information content (AvgIpc) is 2.72. The molecule has 0 amide bonds. The van der Waals surface area contributed by atoms with E-state index in [0.717, 1.165) is 15.8 Å². The molecule has 0 spiro atoms. The number of halogens is 1. The summed E-state index contributed by atoms with van der Waals surface area (Å²) < 4.78 is 3.09. The van der Waals surface area contributed by atoms with Crippen molar-refractivity contribution in [2.75, 3.05) is 0 Å². The smallest absolute Gasteiger partial charge is 0.0691 e. The van der Waals surface area contributed by atoms with Gasteiger partial charge in [0.15, 0.2) is 0 Å². The van der Waals surface area contributed by atoms with Crippen molar-refractivity contribution < 1.29 is 0 Å². The van der Waals surface area contributed by atoms with Crippen molar-refractivity contribution in [3.63, 3.8) is 0 Å². The molecule has 1 N–H and O–H groups in total. The Bertz CT molecular complexity index is 567. The van der Waals surface area contributed by atoms with E-state index in [4.69, 9.17) is 0 Å². The van der Waals surface area contributed by atoms with Crippen LogP contribution >= 0.6 is 22.6 Å². The molecule has 0 radical (unpaired) electrons. The van der Waals surface area contributed by atoms with Gasteiger partial charge in [0, 0.05) is 18.3 Å². The first-order valence-corrected chi connectivity index (χ1v) is 7.48. The highest BCUT2D eigenvalue weighted by Crippen LogP contribution is 2.18. The van der Waals surface area contributed by atoms with E-state index in [2.05, 4.69) is 78.9 Å². The van der Waals surface area contributed by atoms with E-state index in [-0.39, 0.29) is 5.54 Å². The van der Waals surface area contributed by atoms with Crippen LogP contribution in [-0.2, 0) is 6.54 Å². The fourth-order valence-corrected chi connectivity index (χ4v) is 2.26. The van der Waals surface area contributed by atoms with Crippen LogP contribution in [-0.4, -0.2) is 15.3 Å². The number of hydrogen-bond acceptors (Lipinski definition) is 2. The minimum absolute atomic E-state index is 0.111. The summed E-state index contributed by atoms with van der Waals surface area (Å²) in [5, 5.41) is 7.94. The Hall–Kier alpha value is -0.880. The predicted molar refractivity (Wildman–Crippen MR) is 87.6 cm³/mol. The van der Waals surface area contributed by atoms with Crippen molar-refractivity contribution in [3.8, 4) is 5.69 Å². The largest absolute Gasteiger partial charge is 0.308 e. The molecule has 0 saturated heterocycles. The van der Waals surface area contributed by atoms with Crippen molar-refractivity contribution >= 4 is 22.6 Å². The molecule has 2 aromatic rings. The summed E-state index contributed by atoms with van der Waals surface area (Å²) in [5.41, 5.74) is 3.80. The van der Waals surface area contributed by atoms with Crippen molar-refractivity contribution in [2.24, 2.45) is 0 Å². The molecule has 0 aliphatic carbocycles.